The second kappa shape index (κ2) is 9.71. The number of nitrogens with one attached hydrogen (secondary N) is 3. The van der Waals surface area contributed by atoms with Crippen molar-refractivity contribution in [1.82, 2.24) is 5.32 Å². The van der Waals surface area contributed by atoms with E-state index in [2.05, 4.69) is 16.0 Å². The average Bonchev–Trinajstić information content (AvgIpc) is 2.75. The molecule has 158 valence electrons. The van der Waals surface area contributed by atoms with Crippen LogP contribution in [-0.2, 0) is 4.79 Å². The maximum Gasteiger partial charge on any atom is 0.255 e. The molecule has 6 nitrogen and oxygen atoms in total. The van der Waals surface area contributed by atoms with E-state index >= 15 is 0 Å². The summed E-state index contributed by atoms with van der Waals surface area (Å²) in [6, 6.07) is 19.6. The number of hydrogen-bond donors (Lipinski definition) is 3. The minimum absolute atomic E-state index is 0.188. The number of anilines is 2. The first-order valence-electron chi connectivity index (χ1n) is 9.96. The van der Waals surface area contributed by atoms with Crippen molar-refractivity contribution in [2.24, 2.45) is 0 Å². The molecular formula is C25H25N3O3. The molecule has 3 amide bonds. The first kappa shape index (κ1) is 21.8. The normalized spacial score (nSPS) is 10.3. The summed E-state index contributed by atoms with van der Waals surface area (Å²) in [5, 5.41) is 8.23. The van der Waals surface area contributed by atoms with Gasteiger partial charge in [0.15, 0.2) is 0 Å². The van der Waals surface area contributed by atoms with Crippen LogP contribution in [0.2, 0.25) is 0 Å². The smallest absolute Gasteiger partial charge is 0.255 e. The number of carbonyl (C=O) groups is 3. The largest absolute Gasteiger partial charge is 0.343 e. The molecule has 0 spiro atoms. The highest BCUT2D eigenvalue weighted by molar-refractivity contribution is 6.09. The van der Waals surface area contributed by atoms with Gasteiger partial charge in [0, 0.05) is 11.3 Å². The number of benzene rings is 3. The number of para-hydroxylation sites is 2. The first-order chi connectivity index (χ1) is 14.8. The Morgan fingerprint density at radius 3 is 2.13 bits per heavy atom. The van der Waals surface area contributed by atoms with E-state index in [1.165, 1.54) is 0 Å². The van der Waals surface area contributed by atoms with Crippen LogP contribution in [-0.4, -0.2) is 24.3 Å². The number of carbonyl (C=O) groups excluding carboxylic acids is 3. The molecule has 0 aliphatic heterocycles. The lowest BCUT2D eigenvalue weighted by Gasteiger charge is -2.13. The number of amides is 3. The van der Waals surface area contributed by atoms with Crippen molar-refractivity contribution in [2.45, 2.75) is 20.8 Å². The lowest BCUT2D eigenvalue weighted by Crippen LogP contribution is -2.33. The van der Waals surface area contributed by atoms with Crippen LogP contribution in [0.15, 0.2) is 66.7 Å². The lowest BCUT2D eigenvalue weighted by molar-refractivity contribution is -0.115. The van der Waals surface area contributed by atoms with Gasteiger partial charge in [-0.05, 0) is 56.2 Å². The van der Waals surface area contributed by atoms with Gasteiger partial charge in [0.1, 0.15) is 0 Å². The van der Waals surface area contributed by atoms with Gasteiger partial charge < -0.3 is 16.0 Å². The van der Waals surface area contributed by atoms with Crippen LogP contribution >= 0.6 is 0 Å². The molecule has 0 aromatic heterocycles. The molecular weight excluding hydrogens is 390 g/mol. The summed E-state index contributed by atoms with van der Waals surface area (Å²) in [6.07, 6.45) is 0. The highest BCUT2D eigenvalue weighted by atomic mass is 16.2. The predicted molar refractivity (Wildman–Crippen MR) is 122 cm³/mol. The number of rotatable bonds is 6. The molecule has 0 heterocycles. The molecule has 0 radical (unpaired) electrons. The summed E-state index contributed by atoms with van der Waals surface area (Å²) >= 11 is 0. The highest BCUT2D eigenvalue weighted by Crippen LogP contribution is 2.19. The third-order valence-corrected chi connectivity index (χ3v) is 4.86. The van der Waals surface area contributed by atoms with Crippen LogP contribution < -0.4 is 16.0 Å². The van der Waals surface area contributed by atoms with Gasteiger partial charge in [-0.15, -0.1) is 0 Å². The maximum absolute atomic E-state index is 12.7. The Kier molecular flexibility index (Phi) is 6.82. The molecule has 0 saturated carbocycles. The van der Waals surface area contributed by atoms with E-state index in [1.807, 2.05) is 45.0 Å². The monoisotopic (exact) mass is 415 g/mol. The summed E-state index contributed by atoms with van der Waals surface area (Å²) in [6.45, 7) is 5.54. The maximum atomic E-state index is 12.7. The van der Waals surface area contributed by atoms with Gasteiger partial charge >= 0.3 is 0 Å². The van der Waals surface area contributed by atoms with Crippen LogP contribution in [0, 0.1) is 20.8 Å². The van der Waals surface area contributed by atoms with Crippen LogP contribution in [0.1, 0.15) is 37.4 Å². The van der Waals surface area contributed by atoms with Crippen LogP contribution in [0.3, 0.4) is 0 Å². The van der Waals surface area contributed by atoms with Gasteiger partial charge in [-0.25, -0.2) is 0 Å². The van der Waals surface area contributed by atoms with Crippen molar-refractivity contribution in [1.29, 1.82) is 0 Å². The summed E-state index contributed by atoms with van der Waals surface area (Å²) in [7, 11) is 0. The highest BCUT2D eigenvalue weighted by Gasteiger charge is 2.15. The van der Waals surface area contributed by atoms with Gasteiger partial charge in [0.05, 0.1) is 17.8 Å². The fourth-order valence-electron chi connectivity index (χ4n) is 3.22. The molecule has 0 fully saturated rings. The Hall–Kier alpha value is -3.93. The van der Waals surface area contributed by atoms with Crippen molar-refractivity contribution in [3.05, 3.63) is 94.5 Å². The fraction of sp³-hybridized carbons (Fsp3) is 0.160. The molecule has 3 aromatic rings. The Bertz CT molecular complexity index is 1120. The second-order valence-electron chi connectivity index (χ2n) is 7.37. The van der Waals surface area contributed by atoms with Gasteiger partial charge in [0.2, 0.25) is 5.91 Å². The quantitative estimate of drug-likeness (QED) is 0.563. The van der Waals surface area contributed by atoms with Crippen molar-refractivity contribution >= 4 is 29.1 Å². The minimum atomic E-state index is -0.447. The lowest BCUT2D eigenvalue weighted by atomic mass is 10.1. The molecule has 31 heavy (non-hydrogen) atoms. The zero-order chi connectivity index (χ0) is 22.4. The summed E-state index contributed by atoms with van der Waals surface area (Å²) in [5.41, 5.74) is 4.77. The Balaban J connectivity index is 1.66. The van der Waals surface area contributed by atoms with Crippen LogP contribution in [0.25, 0.3) is 0 Å². The van der Waals surface area contributed by atoms with E-state index in [-0.39, 0.29) is 23.9 Å². The second-order valence-corrected chi connectivity index (χ2v) is 7.37. The van der Waals surface area contributed by atoms with Crippen molar-refractivity contribution in [3.63, 3.8) is 0 Å². The van der Waals surface area contributed by atoms with Gasteiger partial charge in [-0.3, -0.25) is 14.4 Å². The zero-order valence-corrected chi connectivity index (χ0v) is 17.8. The minimum Gasteiger partial charge on any atom is -0.343 e. The Morgan fingerprint density at radius 1 is 0.742 bits per heavy atom. The number of aryl methyl sites for hydroxylation is 3. The summed E-state index contributed by atoms with van der Waals surface area (Å²) < 4.78 is 0. The van der Waals surface area contributed by atoms with E-state index in [0.717, 1.165) is 22.4 Å². The molecule has 3 rings (SSSR count). The predicted octanol–water partition coefficient (Wildman–Crippen LogP) is 4.23. The molecule has 0 aliphatic rings. The van der Waals surface area contributed by atoms with E-state index < -0.39 is 5.91 Å². The third-order valence-electron chi connectivity index (χ3n) is 4.86. The van der Waals surface area contributed by atoms with Gasteiger partial charge in [-0.1, -0.05) is 48.0 Å². The third kappa shape index (κ3) is 5.57. The molecule has 0 saturated heterocycles. The number of hydrogen-bond acceptors (Lipinski definition) is 3. The van der Waals surface area contributed by atoms with E-state index in [0.29, 0.717) is 11.3 Å². The van der Waals surface area contributed by atoms with Gasteiger partial charge in [-0.2, -0.15) is 0 Å². The SMILES string of the molecule is Cc1cccc(C(=O)Nc2ccccc2C(=O)NCC(=O)Nc2c(C)cccc2C)c1. The summed E-state index contributed by atoms with van der Waals surface area (Å²) in [5.74, 6) is -1.08. The molecule has 0 unspecified atom stereocenters. The zero-order valence-electron chi connectivity index (χ0n) is 17.8. The van der Waals surface area contributed by atoms with Crippen LogP contribution in [0.4, 0.5) is 11.4 Å². The molecule has 3 N–H and O–H groups in total. The molecule has 0 atom stereocenters. The van der Waals surface area contributed by atoms with Crippen LogP contribution in [0.5, 0.6) is 0 Å². The van der Waals surface area contributed by atoms with E-state index in [4.69, 9.17) is 0 Å². The van der Waals surface area contributed by atoms with Gasteiger partial charge in [0.25, 0.3) is 11.8 Å². The van der Waals surface area contributed by atoms with Crippen molar-refractivity contribution in [3.8, 4) is 0 Å². The average molecular weight is 415 g/mol. The van der Waals surface area contributed by atoms with E-state index in [1.54, 1.807) is 42.5 Å². The topological polar surface area (TPSA) is 87.3 Å². The van der Waals surface area contributed by atoms with Crippen molar-refractivity contribution < 1.29 is 14.4 Å². The molecule has 0 bridgehead atoms. The molecule has 6 heteroatoms. The Morgan fingerprint density at radius 2 is 1.42 bits per heavy atom. The van der Waals surface area contributed by atoms with E-state index in [9.17, 15) is 14.4 Å². The Labute approximate surface area is 181 Å². The first-order valence-corrected chi connectivity index (χ1v) is 9.96. The summed E-state index contributed by atoms with van der Waals surface area (Å²) in [4.78, 5) is 37.6. The fourth-order valence-corrected chi connectivity index (χ4v) is 3.22. The molecule has 3 aromatic carbocycles. The van der Waals surface area contributed by atoms with Crippen molar-refractivity contribution in [2.75, 3.05) is 17.2 Å². The molecule has 0 aliphatic carbocycles. The standard InChI is InChI=1S/C25H25N3O3/c1-16-8-6-11-19(14-16)24(30)27-21-13-5-4-12-20(21)25(31)26-15-22(29)28-23-17(2)9-7-10-18(23)3/h4-14H,15H2,1-3H3,(H,26,31)(H,27,30)(H,28,29).